The van der Waals surface area contributed by atoms with E-state index < -0.39 is 21.7 Å². The maximum Gasteiger partial charge on any atom is 0.228 e. The van der Waals surface area contributed by atoms with Gasteiger partial charge in [0.05, 0.1) is 10.6 Å². The largest absolute Gasteiger partial charge is 0.370 e. The predicted molar refractivity (Wildman–Crippen MR) is 127 cm³/mol. The topological polar surface area (TPSA) is 117 Å². The Morgan fingerprint density at radius 1 is 1.29 bits per heavy atom. The quantitative estimate of drug-likeness (QED) is 0.408. The molecule has 0 saturated carbocycles. The average molecular weight is 468 g/mol. The molecule has 1 aromatic carbocycles. The summed E-state index contributed by atoms with van der Waals surface area (Å²) in [5.41, 5.74) is 5.93. The molecule has 5 N–H and O–H groups in total. The number of hydrogen-bond acceptors (Lipinski definition) is 7. The van der Waals surface area contributed by atoms with Crippen LogP contribution in [0, 0.1) is 0 Å². The highest BCUT2D eigenvalue weighted by Gasteiger charge is 2.33. The number of nitrogens with one attached hydrogen (secondary N) is 3. The van der Waals surface area contributed by atoms with E-state index in [0.717, 1.165) is 38.4 Å². The van der Waals surface area contributed by atoms with Crippen molar-refractivity contribution in [3.05, 3.63) is 35.4 Å². The summed E-state index contributed by atoms with van der Waals surface area (Å²) in [5, 5.41) is 11.4. The molecule has 3 rings (SSSR count). The minimum atomic E-state index is -3.32. The molecule has 1 fully saturated rings. The maximum atomic E-state index is 12.2. The fraction of sp³-hybridized carbons (Fsp3) is 0.571. The van der Waals surface area contributed by atoms with Gasteiger partial charge in [-0.05, 0) is 55.9 Å². The minimum absolute atomic E-state index is 0.232. The number of likely N-dealkylation sites (tertiary alicyclic amines) is 1. The van der Waals surface area contributed by atoms with Crippen LogP contribution in [0.15, 0.2) is 40.3 Å². The van der Waals surface area contributed by atoms with Crippen molar-refractivity contribution in [1.29, 1.82) is 0 Å². The molecule has 3 atom stereocenters. The van der Waals surface area contributed by atoms with E-state index in [9.17, 15) is 13.2 Å². The molecule has 0 bridgehead atoms. The second-order valence-corrected chi connectivity index (χ2v) is 11.7. The van der Waals surface area contributed by atoms with Gasteiger partial charge < -0.3 is 26.6 Å². The van der Waals surface area contributed by atoms with Gasteiger partial charge in [0.15, 0.2) is 9.84 Å². The summed E-state index contributed by atoms with van der Waals surface area (Å²) in [6.45, 7) is 6.20. The molecule has 2 heterocycles. The summed E-state index contributed by atoms with van der Waals surface area (Å²) in [6, 6.07) is 6.62. The highest BCUT2D eigenvalue weighted by molar-refractivity contribution is 7.90. The van der Waals surface area contributed by atoms with Crippen LogP contribution in [0.1, 0.15) is 32.6 Å². The summed E-state index contributed by atoms with van der Waals surface area (Å²) in [5.74, 6) is 0.577. The van der Waals surface area contributed by atoms with E-state index >= 15 is 0 Å². The first kappa shape index (κ1) is 23.8. The second kappa shape index (κ2) is 10.7. The van der Waals surface area contributed by atoms with Gasteiger partial charge in [-0.25, -0.2) is 8.42 Å². The van der Waals surface area contributed by atoms with Crippen molar-refractivity contribution >= 4 is 30.0 Å². The standard InChI is InChI=1S/C21H34N5O3PS/c1-3-17-20(23-10-13-26-11-5-4-6-12-26)25-21(18(30-17)19(22)27)24-15-8-7-9-16(14-15)31(2,28)29/h7-9,14,18,21,23-25,30H,3-6,10-13H2,1-2H3,(H2,22,27). The van der Waals surface area contributed by atoms with Crippen LogP contribution in [0.3, 0.4) is 0 Å². The van der Waals surface area contributed by atoms with Gasteiger partial charge >= 0.3 is 0 Å². The molecule has 0 aromatic heterocycles. The maximum absolute atomic E-state index is 12.2. The van der Waals surface area contributed by atoms with Crippen LogP contribution in [0.2, 0.25) is 0 Å². The van der Waals surface area contributed by atoms with Crippen LogP contribution in [-0.2, 0) is 14.6 Å². The number of allylic oxidation sites excluding steroid dienone is 1. The van der Waals surface area contributed by atoms with Gasteiger partial charge in [0.2, 0.25) is 5.91 Å². The molecular weight excluding hydrogens is 433 g/mol. The SMILES string of the molecule is CCC1=C(NCCN2CCCCC2)NC(Nc2cccc(S(C)(=O)=O)c2)C(C(N)=O)P1. The van der Waals surface area contributed by atoms with Crippen molar-refractivity contribution in [2.45, 2.75) is 49.3 Å². The number of hydrogen-bond donors (Lipinski definition) is 4. The Bertz CT molecular complexity index is 915. The van der Waals surface area contributed by atoms with Gasteiger partial charge in [-0.1, -0.05) is 28.0 Å². The molecule has 3 unspecified atom stereocenters. The number of primary amides is 1. The van der Waals surface area contributed by atoms with Crippen molar-refractivity contribution in [3.8, 4) is 0 Å². The Hall–Kier alpha value is -1.83. The van der Waals surface area contributed by atoms with Crippen LogP contribution in [0.25, 0.3) is 0 Å². The third-order valence-corrected chi connectivity index (χ3v) is 8.68. The fourth-order valence-electron chi connectivity index (χ4n) is 3.98. The van der Waals surface area contributed by atoms with Crippen molar-refractivity contribution in [2.75, 3.05) is 37.8 Å². The van der Waals surface area contributed by atoms with E-state index in [1.807, 2.05) is 0 Å². The first-order valence-corrected chi connectivity index (χ1v) is 13.8. The lowest BCUT2D eigenvalue weighted by atomic mass is 10.1. The normalized spacial score (nSPS) is 23.4. The molecule has 1 saturated heterocycles. The number of piperidine rings is 1. The van der Waals surface area contributed by atoms with Gasteiger partial charge in [0, 0.05) is 25.0 Å². The van der Waals surface area contributed by atoms with Gasteiger partial charge in [-0.15, -0.1) is 0 Å². The Kier molecular flexibility index (Phi) is 8.19. The number of sulfone groups is 1. The zero-order valence-electron chi connectivity index (χ0n) is 18.3. The average Bonchev–Trinajstić information content (AvgIpc) is 2.74. The number of amides is 1. The summed E-state index contributed by atoms with van der Waals surface area (Å²) >= 11 is 0. The third kappa shape index (κ3) is 6.57. The molecule has 1 amide bonds. The molecule has 0 radical (unpaired) electrons. The molecule has 2 aliphatic rings. The molecule has 2 aliphatic heterocycles. The van der Waals surface area contributed by atoms with Crippen molar-refractivity contribution < 1.29 is 13.2 Å². The molecule has 31 heavy (non-hydrogen) atoms. The minimum Gasteiger partial charge on any atom is -0.370 e. The zero-order valence-corrected chi connectivity index (χ0v) is 20.1. The Morgan fingerprint density at radius 3 is 2.68 bits per heavy atom. The lowest BCUT2D eigenvalue weighted by Gasteiger charge is -2.36. The number of nitrogens with two attached hydrogens (primary N) is 1. The van der Waals surface area contributed by atoms with Crippen molar-refractivity contribution in [2.24, 2.45) is 5.73 Å². The number of anilines is 1. The van der Waals surface area contributed by atoms with Gasteiger partial charge in [-0.3, -0.25) is 4.79 Å². The number of rotatable bonds is 9. The highest BCUT2D eigenvalue weighted by atomic mass is 32.2. The monoisotopic (exact) mass is 467 g/mol. The van der Waals surface area contributed by atoms with Crippen LogP contribution in [0.4, 0.5) is 5.69 Å². The first-order valence-electron chi connectivity index (χ1n) is 10.9. The number of benzene rings is 1. The van der Waals surface area contributed by atoms with Gasteiger partial charge in [-0.2, -0.15) is 0 Å². The molecular formula is C21H34N5O3PS. The van der Waals surface area contributed by atoms with Crippen LogP contribution < -0.4 is 21.7 Å². The zero-order chi connectivity index (χ0) is 22.4. The lowest BCUT2D eigenvalue weighted by molar-refractivity contribution is -0.117. The molecule has 172 valence electrons. The molecule has 10 heteroatoms. The fourth-order valence-corrected chi connectivity index (χ4v) is 6.01. The van der Waals surface area contributed by atoms with Gasteiger partial charge in [0.1, 0.15) is 12.0 Å². The molecule has 1 aromatic rings. The van der Waals surface area contributed by atoms with Crippen LogP contribution in [-0.4, -0.2) is 63.5 Å². The summed E-state index contributed by atoms with van der Waals surface area (Å²) in [7, 11) is -3.05. The molecule has 0 aliphatic carbocycles. The molecule has 0 spiro atoms. The van der Waals surface area contributed by atoms with Crippen LogP contribution >= 0.6 is 8.58 Å². The summed E-state index contributed by atoms with van der Waals surface area (Å²) < 4.78 is 23.8. The Morgan fingerprint density at radius 2 is 2.03 bits per heavy atom. The van der Waals surface area contributed by atoms with E-state index in [1.165, 1.54) is 30.8 Å². The Labute approximate surface area is 187 Å². The second-order valence-electron chi connectivity index (χ2n) is 8.13. The van der Waals surface area contributed by atoms with E-state index in [2.05, 4.69) is 27.8 Å². The van der Waals surface area contributed by atoms with Crippen LogP contribution in [0.5, 0.6) is 0 Å². The first-order chi connectivity index (χ1) is 14.8. The molecule has 8 nitrogen and oxygen atoms in total. The van der Waals surface area contributed by atoms with E-state index in [1.54, 1.807) is 24.3 Å². The smallest absolute Gasteiger partial charge is 0.228 e. The summed E-state index contributed by atoms with van der Waals surface area (Å²) in [4.78, 5) is 14.9. The van der Waals surface area contributed by atoms with Gasteiger partial charge in [0.25, 0.3) is 0 Å². The number of carbonyl (C=O) groups excluding carboxylic acids is 1. The number of nitrogens with zero attached hydrogens (tertiary/aromatic N) is 1. The van der Waals surface area contributed by atoms with Crippen molar-refractivity contribution in [1.82, 2.24) is 15.5 Å². The van der Waals surface area contributed by atoms with E-state index in [-0.39, 0.29) is 19.4 Å². The van der Waals surface area contributed by atoms with E-state index in [0.29, 0.717) is 5.69 Å². The van der Waals surface area contributed by atoms with Crippen molar-refractivity contribution in [3.63, 3.8) is 0 Å². The predicted octanol–water partition coefficient (Wildman–Crippen LogP) is 1.62. The summed E-state index contributed by atoms with van der Waals surface area (Å²) in [6.07, 6.45) is 5.44. The Balaban J connectivity index is 1.71. The third-order valence-electron chi connectivity index (χ3n) is 5.69. The van der Waals surface area contributed by atoms with E-state index in [4.69, 9.17) is 5.73 Å². The number of carbonyl (C=O) groups is 1. The highest BCUT2D eigenvalue weighted by Crippen LogP contribution is 2.38. The lowest BCUT2D eigenvalue weighted by Crippen LogP contribution is -2.54.